The number of alkyl halides is 4. The fourth-order valence-electron chi connectivity index (χ4n) is 4.71. The highest BCUT2D eigenvalue weighted by Crippen LogP contribution is 2.31. The summed E-state index contributed by atoms with van der Waals surface area (Å²) < 4.78 is 56.6. The van der Waals surface area contributed by atoms with Gasteiger partial charge in [0.2, 0.25) is 5.95 Å². The number of likely N-dealkylation sites (tertiary alicyclic amines) is 1. The van der Waals surface area contributed by atoms with Gasteiger partial charge < -0.3 is 15.2 Å². The molecule has 0 aromatic carbocycles. The number of fused-ring (bicyclic) bond motifs is 2. The maximum atomic E-state index is 14.7. The average Bonchev–Trinajstić information content (AvgIpc) is 3.41. The Morgan fingerprint density at radius 2 is 2.00 bits per heavy atom. The van der Waals surface area contributed by atoms with Gasteiger partial charge in [-0.1, -0.05) is 0 Å². The van der Waals surface area contributed by atoms with Gasteiger partial charge in [0.25, 0.3) is 6.43 Å². The monoisotopic (exact) mass is 505 g/mol. The van der Waals surface area contributed by atoms with Crippen molar-refractivity contribution < 1.29 is 17.6 Å². The number of nitrogens with one attached hydrogen (secondary N) is 2. The van der Waals surface area contributed by atoms with Crippen molar-refractivity contribution in [2.24, 2.45) is 0 Å². The molecule has 5 heterocycles. The van der Waals surface area contributed by atoms with E-state index in [2.05, 4.69) is 30.7 Å². The van der Waals surface area contributed by atoms with Crippen molar-refractivity contribution in [2.45, 2.75) is 38.5 Å². The van der Waals surface area contributed by atoms with Crippen LogP contribution >= 0.6 is 0 Å². The summed E-state index contributed by atoms with van der Waals surface area (Å²) in [5.74, 6) is 1.22. The quantitative estimate of drug-likeness (QED) is 0.354. The number of rotatable bonds is 8. The van der Waals surface area contributed by atoms with Gasteiger partial charge in [-0.25, -0.2) is 32.0 Å². The van der Waals surface area contributed by atoms with E-state index in [1.165, 1.54) is 4.57 Å². The van der Waals surface area contributed by atoms with Crippen LogP contribution in [-0.2, 0) is 6.54 Å². The lowest BCUT2D eigenvalue weighted by Gasteiger charge is -2.34. The van der Waals surface area contributed by atoms with E-state index in [-0.39, 0.29) is 19.0 Å². The van der Waals surface area contributed by atoms with Crippen LogP contribution in [0.1, 0.15) is 12.2 Å². The van der Waals surface area contributed by atoms with Crippen LogP contribution in [-0.4, -0.2) is 86.0 Å². The Bertz CT molecular complexity index is 1370. The third kappa shape index (κ3) is 4.54. The number of halogens is 4. The van der Waals surface area contributed by atoms with Crippen molar-refractivity contribution in [1.29, 1.82) is 0 Å². The molecule has 0 radical (unpaired) electrons. The Balaban J connectivity index is 1.47. The number of pyridine rings is 1. The minimum atomic E-state index is -2.53. The van der Waals surface area contributed by atoms with Gasteiger partial charge in [-0.15, -0.1) is 5.10 Å². The number of hydrogen-bond donors (Lipinski definition) is 2. The largest absolute Gasteiger partial charge is 0.371 e. The van der Waals surface area contributed by atoms with Crippen molar-refractivity contribution in [3.63, 3.8) is 0 Å². The van der Waals surface area contributed by atoms with Crippen LogP contribution in [0.25, 0.3) is 27.9 Å². The van der Waals surface area contributed by atoms with Crippen LogP contribution < -0.4 is 10.6 Å². The number of aryl methyl sites for hydroxylation is 1. The molecule has 9 nitrogen and oxygen atoms in total. The molecule has 0 amide bonds. The molecule has 2 N–H and O–H groups in total. The van der Waals surface area contributed by atoms with Gasteiger partial charge in [-0.2, -0.15) is 4.98 Å². The smallest absolute Gasteiger partial charge is 0.256 e. The van der Waals surface area contributed by atoms with Gasteiger partial charge in [0.1, 0.15) is 29.7 Å². The predicted molar refractivity (Wildman–Crippen MR) is 129 cm³/mol. The van der Waals surface area contributed by atoms with Crippen LogP contribution in [0.2, 0.25) is 0 Å². The zero-order valence-corrected chi connectivity index (χ0v) is 19.9. The van der Waals surface area contributed by atoms with Crippen molar-refractivity contribution in [3.05, 3.63) is 30.2 Å². The Hall–Kier alpha value is -3.48. The highest BCUT2D eigenvalue weighted by molar-refractivity contribution is 5.89. The van der Waals surface area contributed by atoms with E-state index in [9.17, 15) is 17.6 Å². The summed E-state index contributed by atoms with van der Waals surface area (Å²) in [4.78, 5) is 15.3. The van der Waals surface area contributed by atoms with Gasteiger partial charge in [0.15, 0.2) is 11.5 Å². The Morgan fingerprint density at radius 3 is 2.72 bits per heavy atom. The molecule has 192 valence electrons. The van der Waals surface area contributed by atoms with Gasteiger partial charge in [-0.3, -0.25) is 4.90 Å². The number of piperidine rings is 1. The maximum Gasteiger partial charge on any atom is 0.256 e. The molecular formula is C23H27F4N9. The third-order valence-corrected chi connectivity index (χ3v) is 6.47. The van der Waals surface area contributed by atoms with Crippen LogP contribution in [0.4, 0.5) is 29.3 Å². The van der Waals surface area contributed by atoms with E-state index in [0.29, 0.717) is 52.5 Å². The van der Waals surface area contributed by atoms with Gasteiger partial charge in [0, 0.05) is 38.4 Å². The number of imidazole rings is 1. The third-order valence-electron chi connectivity index (χ3n) is 6.47. The van der Waals surface area contributed by atoms with E-state index in [1.807, 2.05) is 6.07 Å². The molecule has 0 bridgehead atoms. The molecule has 0 saturated carbocycles. The zero-order chi connectivity index (χ0) is 25.4. The molecule has 1 aliphatic heterocycles. The summed E-state index contributed by atoms with van der Waals surface area (Å²) in [6.45, 7) is 1.66. The fraction of sp³-hybridized carbons (Fsp3) is 0.478. The Morgan fingerprint density at radius 1 is 1.17 bits per heavy atom. The molecule has 1 aliphatic rings. The normalized spacial score (nSPS) is 19.0. The second-order valence-electron chi connectivity index (χ2n) is 8.80. The molecule has 1 fully saturated rings. The average molecular weight is 506 g/mol. The first-order valence-corrected chi connectivity index (χ1v) is 11.8. The second-order valence-corrected chi connectivity index (χ2v) is 8.80. The van der Waals surface area contributed by atoms with Crippen LogP contribution in [0.15, 0.2) is 24.4 Å². The Kier molecular flexibility index (Phi) is 6.65. The number of hydrogen-bond acceptors (Lipinski definition) is 7. The van der Waals surface area contributed by atoms with Gasteiger partial charge >= 0.3 is 0 Å². The second kappa shape index (κ2) is 9.88. The summed E-state index contributed by atoms with van der Waals surface area (Å²) in [5, 5.41) is 10.6. The molecule has 0 spiro atoms. The lowest BCUT2D eigenvalue weighted by Crippen LogP contribution is -2.48. The van der Waals surface area contributed by atoms with Crippen LogP contribution in [0.3, 0.4) is 0 Å². The highest BCUT2D eigenvalue weighted by Gasteiger charge is 2.30. The standard InChI is InChI=1S/C23H27F4N9/c1-13-29-18-4-3-16(30-22(18)35(13)12-19(26)27)14-5-9-36-20(14)21(28-2)32-23(33-36)31-17-6-8-34(10-7-24)11-15(17)25/h3-5,9,15,17,19H,6-8,10-12H2,1-2H3,(H2,28,31,32,33)/t15-,17+/m1/s1. The molecule has 5 rings (SSSR count). The summed E-state index contributed by atoms with van der Waals surface area (Å²) in [6.07, 6.45) is -1.47. The molecule has 0 unspecified atom stereocenters. The molecule has 2 atom stereocenters. The minimum absolute atomic E-state index is 0.159. The lowest BCUT2D eigenvalue weighted by atomic mass is 10.0. The Labute approximate surface area is 204 Å². The van der Waals surface area contributed by atoms with Crippen molar-refractivity contribution in [1.82, 2.24) is 34.0 Å². The minimum Gasteiger partial charge on any atom is -0.371 e. The molecular weight excluding hydrogens is 478 g/mol. The summed E-state index contributed by atoms with van der Waals surface area (Å²) >= 11 is 0. The molecule has 4 aromatic heterocycles. The summed E-state index contributed by atoms with van der Waals surface area (Å²) in [6, 6.07) is 4.86. The topological polar surface area (TPSA) is 88.2 Å². The highest BCUT2D eigenvalue weighted by atomic mass is 19.3. The summed E-state index contributed by atoms with van der Waals surface area (Å²) in [7, 11) is 1.72. The number of anilines is 2. The molecule has 0 aliphatic carbocycles. The first-order chi connectivity index (χ1) is 17.4. The summed E-state index contributed by atoms with van der Waals surface area (Å²) in [5.41, 5.74) is 2.82. The van der Waals surface area contributed by atoms with Crippen LogP contribution in [0, 0.1) is 6.92 Å². The van der Waals surface area contributed by atoms with Gasteiger partial charge in [0.05, 0.1) is 18.3 Å². The van der Waals surface area contributed by atoms with E-state index >= 15 is 0 Å². The lowest BCUT2D eigenvalue weighted by molar-refractivity contribution is 0.120. The van der Waals surface area contributed by atoms with Crippen molar-refractivity contribution in [2.75, 3.05) is 44.0 Å². The number of aromatic nitrogens is 6. The predicted octanol–water partition coefficient (Wildman–Crippen LogP) is 3.55. The zero-order valence-electron chi connectivity index (χ0n) is 19.9. The van der Waals surface area contributed by atoms with E-state index in [4.69, 9.17) is 0 Å². The SMILES string of the molecule is CNc1nc(N[C@H]2CCN(CCF)C[C@H]2F)nn2ccc(-c3ccc4nc(C)n(CC(F)F)c4n3)c12. The maximum absolute atomic E-state index is 14.7. The van der Waals surface area contributed by atoms with E-state index in [1.54, 1.807) is 41.7 Å². The van der Waals surface area contributed by atoms with Crippen molar-refractivity contribution >= 4 is 28.4 Å². The van der Waals surface area contributed by atoms with Crippen molar-refractivity contribution in [3.8, 4) is 11.3 Å². The molecule has 36 heavy (non-hydrogen) atoms. The van der Waals surface area contributed by atoms with Gasteiger partial charge in [-0.05, 0) is 31.5 Å². The first-order valence-electron chi connectivity index (χ1n) is 11.8. The van der Waals surface area contributed by atoms with E-state index < -0.39 is 31.9 Å². The van der Waals surface area contributed by atoms with E-state index in [0.717, 1.165) is 0 Å². The fourth-order valence-corrected chi connectivity index (χ4v) is 4.71. The van der Waals surface area contributed by atoms with Crippen LogP contribution in [0.5, 0.6) is 0 Å². The first kappa shape index (κ1) is 24.2. The molecule has 1 saturated heterocycles. The molecule has 4 aromatic rings. The molecule has 13 heteroatoms. The number of nitrogens with zero attached hydrogens (tertiary/aromatic N) is 7.